The largest absolute Gasteiger partial charge is 0.402 e. The Hall–Kier alpha value is -2.41. The maximum absolute atomic E-state index is 5.81. The van der Waals surface area contributed by atoms with Crippen molar-refractivity contribution in [1.29, 1.82) is 0 Å². The molecule has 0 bridgehead atoms. The third kappa shape index (κ3) is 2.62. The molecule has 3 rings (SSSR count). The SMILES string of the molecule is Nc1cc(Br)cnc1Oc1ncn(-c2ccccc2)n1. The van der Waals surface area contributed by atoms with Gasteiger partial charge in [0.25, 0.3) is 0 Å². The minimum absolute atomic E-state index is 0.190. The number of hydrogen-bond acceptors (Lipinski definition) is 5. The number of anilines is 1. The molecule has 0 aliphatic rings. The van der Waals surface area contributed by atoms with Crippen molar-refractivity contribution in [2.45, 2.75) is 0 Å². The molecule has 0 saturated heterocycles. The van der Waals surface area contributed by atoms with Crippen molar-refractivity contribution in [3.05, 3.63) is 53.4 Å². The number of nitrogens with zero attached hydrogens (tertiary/aromatic N) is 4. The predicted molar refractivity (Wildman–Crippen MR) is 77.8 cm³/mol. The van der Waals surface area contributed by atoms with E-state index in [1.165, 1.54) is 0 Å². The Morgan fingerprint density at radius 3 is 2.70 bits per heavy atom. The van der Waals surface area contributed by atoms with Gasteiger partial charge in [0.2, 0.25) is 5.88 Å². The van der Waals surface area contributed by atoms with Crippen LogP contribution in [0.2, 0.25) is 0 Å². The number of aromatic nitrogens is 4. The first-order valence-corrected chi connectivity index (χ1v) is 6.57. The number of rotatable bonds is 3. The molecule has 100 valence electrons. The lowest BCUT2D eigenvalue weighted by atomic mass is 10.3. The number of nitrogens with two attached hydrogens (primary N) is 1. The summed E-state index contributed by atoms with van der Waals surface area (Å²) in [5, 5.41) is 4.22. The molecular formula is C13H10BrN5O. The standard InChI is InChI=1S/C13H10BrN5O/c14-9-6-11(15)12(16-7-9)20-13-17-8-19(18-13)10-4-2-1-3-5-10/h1-8H,15H2. The van der Waals surface area contributed by atoms with Crippen LogP contribution in [0.1, 0.15) is 0 Å². The van der Waals surface area contributed by atoms with Gasteiger partial charge in [-0.05, 0) is 34.1 Å². The maximum atomic E-state index is 5.81. The van der Waals surface area contributed by atoms with Gasteiger partial charge in [-0.1, -0.05) is 18.2 Å². The lowest BCUT2D eigenvalue weighted by Gasteiger charge is -2.03. The molecular weight excluding hydrogens is 322 g/mol. The lowest BCUT2D eigenvalue weighted by molar-refractivity contribution is 0.427. The number of halogens is 1. The molecule has 0 atom stereocenters. The average Bonchev–Trinajstić information content (AvgIpc) is 2.92. The van der Waals surface area contributed by atoms with Crippen molar-refractivity contribution in [3.63, 3.8) is 0 Å². The van der Waals surface area contributed by atoms with Crippen molar-refractivity contribution in [1.82, 2.24) is 19.7 Å². The van der Waals surface area contributed by atoms with Crippen LogP contribution in [0.4, 0.5) is 5.69 Å². The Balaban J connectivity index is 1.84. The summed E-state index contributed by atoms with van der Waals surface area (Å²) in [6.45, 7) is 0. The minimum atomic E-state index is 0.190. The van der Waals surface area contributed by atoms with Gasteiger partial charge in [0.15, 0.2) is 0 Å². The van der Waals surface area contributed by atoms with E-state index in [9.17, 15) is 0 Å². The summed E-state index contributed by atoms with van der Waals surface area (Å²) in [6.07, 6.45) is 3.17. The van der Waals surface area contributed by atoms with E-state index in [0.717, 1.165) is 10.2 Å². The molecule has 0 unspecified atom stereocenters. The topological polar surface area (TPSA) is 78.9 Å². The van der Waals surface area contributed by atoms with Crippen molar-refractivity contribution in [3.8, 4) is 17.6 Å². The average molecular weight is 332 g/mol. The van der Waals surface area contributed by atoms with Crippen molar-refractivity contribution in [2.24, 2.45) is 0 Å². The predicted octanol–water partition coefficient (Wildman–Crippen LogP) is 2.80. The molecule has 0 spiro atoms. The van der Waals surface area contributed by atoms with Gasteiger partial charge < -0.3 is 10.5 Å². The van der Waals surface area contributed by atoms with E-state index < -0.39 is 0 Å². The Kier molecular flexibility index (Phi) is 3.34. The highest BCUT2D eigenvalue weighted by atomic mass is 79.9. The molecule has 0 radical (unpaired) electrons. The molecule has 0 fully saturated rings. The first-order valence-electron chi connectivity index (χ1n) is 5.78. The molecule has 3 aromatic rings. The molecule has 1 aromatic carbocycles. The first-order chi connectivity index (χ1) is 9.72. The second kappa shape index (κ2) is 5.30. The normalized spacial score (nSPS) is 10.4. The molecule has 6 nitrogen and oxygen atoms in total. The Morgan fingerprint density at radius 2 is 1.95 bits per heavy atom. The molecule has 2 aromatic heterocycles. The minimum Gasteiger partial charge on any atom is -0.402 e. The second-order valence-electron chi connectivity index (χ2n) is 3.96. The summed E-state index contributed by atoms with van der Waals surface area (Å²) in [6, 6.07) is 11.5. The number of pyridine rings is 1. The van der Waals surface area contributed by atoms with E-state index >= 15 is 0 Å². The van der Waals surface area contributed by atoms with Crippen molar-refractivity contribution in [2.75, 3.05) is 5.73 Å². The van der Waals surface area contributed by atoms with Crippen LogP contribution in [0.5, 0.6) is 11.9 Å². The van der Waals surface area contributed by atoms with Gasteiger partial charge >= 0.3 is 6.01 Å². The van der Waals surface area contributed by atoms with Gasteiger partial charge in [-0.15, -0.1) is 5.10 Å². The Labute approximate surface area is 123 Å². The van der Waals surface area contributed by atoms with Crippen LogP contribution in [0.25, 0.3) is 5.69 Å². The zero-order valence-corrected chi connectivity index (χ0v) is 11.9. The molecule has 0 saturated carbocycles. The zero-order chi connectivity index (χ0) is 13.9. The monoisotopic (exact) mass is 331 g/mol. The molecule has 7 heteroatoms. The zero-order valence-electron chi connectivity index (χ0n) is 10.3. The van der Waals surface area contributed by atoms with Crippen LogP contribution in [-0.4, -0.2) is 19.7 Å². The number of nitrogen functional groups attached to an aromatic ring is 1. The molecule has 0 aliphatic heterocycles. The van der Waals surface area contributed by atoms with E-state index in [0.29, 0.717) is 5.69 Å². The van der Waals surface area contributed by atoms with Gasteiger partial charge in [0, 0.05) is 10.7 Å². The van der Waals surface area contributed by atoms with E-state index in [4.69, 9.17) is 10.5 Å². The summed E-state index contributed by atoms with van der Waals surface area (Å²) < 4.78 is 7.86. The summed E-state index contributed by atoms with van der Waals surface area (Å²) in [4.78, 5) is 8.15. The maximum Gasteiger partial charge on any atom is 0.342 e. The fraction of sp³-hybridized carbons (Fsp3) is 0. The van der Waals surface area contributed by atoms with Gasteiger partial charge in [-0.2, -0.15) is 4.98 Å². The summed E-state index contributed by atoms with van der Waals surface area (Å²) in [5.74, 6) is 0.277. The molecule has 0 aliphatic carbocycles. The highest BCUT2D eigenvalue weighted by Gasteiger charge is 2.09. The summed E-state index contributed by atoms with van der Waals surface area (Å²) >= 11 is 3.28. The number of hydrogen-bond donors (Lipinski definition) is 1. The van der Waals surface area contributed by atoms with Crippen molar-refractivity contribution < 1.29 is 4.74 Å². The van der Waals surface area contributed by atoms with Crippen LogP contribution in [0.15, 0.2) is 53.4 Å². The van der Waals surface area contributed by atoms with Gasteiger partial charge in [-0.3, -0.25) is 0 Å². The number of benzene rings is 1. The molecule has 0 amide bonds. The third-order valence-electron chi connectivity index (χ3n) is 2.53. The number of para-hydroxylation sites is 1. The van der Waals surface area contributed by atoms with Gasteiger partial charge in [0.1, 0.15) is 6.33 Å². The van der Waals surface area contributed by atoms with E-state index in [2.05, 4.69) is 31.0 Å². The van der Waals surface area contributed by atoms with Crippen LogP contribution in [0.3, 0.4) is 0 Å². The van der Waals surface area contributed by atoms with Gasteiger partial charge in [0.05, 0.1) is 11.4 Å². The second-order valence-corrected chi connectivity index (χ2v) is 4.87. The fourth-order valence-electron chi connectivity index (χ4n) is 1.61. The first kappa shape index (κ1) is 12.6. The molecule has 2 heterocycles. The van der Waals surface area contributed by atoms with Crippen LogP contribution in [-0.2, 0) is 0 Å². The smallest absolute Gasteiger partial charge is 0.342 e. The quantitative estimate of drug-likeness (QED) is 0.798. The Morgan fingerprint density at radius 1 is 1.15 bits per heavy atom. The number of ether oxygens (including phenoxy) is 1. The van der Waals surface area contributed by atoms with Crippen LogP contribution in [0, 0.1) is 0 Å². The molecule has 2 N–H and O–H groups in total. The van der Waals surface area contributed by atoms with Crippen molar-refractivity contribution >= 4 is 21.6 Å². The summed E-state index contributed by atoms with van der Waals surface area (Å²) in [7, 11) is 0. The van der Waals surface area contributed by atoms with Crippen LogP contribution >= 0.6 is 15.9 Å². The summed E-state index contributed by atoms with van der Waals surface area (Å²) in [5.41, 5.74) is 7.11. The van der Waals surface area contributed by atoms with E-state index in [-0.39, 0.29) is 11.9 Å². The lowest BCUT2D eigenvalue weighted by Crippen LogP contribution is -1.97. The fourth-order valence-corrected chi connectivity index (χ4v) is 1.96. The van der Waals surface area contributed by atoms with Gasteiger partial charge in [-0.25, -0.2) is 9.67 Å². The van der Waals surface area contributed by atoms with E-state index in [1.54, 1.807) is 23.3 Å². The highest BCUT2D eigenvalue weighted by molar-refractivity contribution is 9.10. The highest BCUT2D eigenvalue weighted by Crippen LogP contribution is 2.25. The van der Waals surface area contributed by atoms with Crippen LogP contribution < -0.4 is 10.5 Å². The van der Waals surface area contributed by atoms with E-state index in [1.807, 2.05) is 30.3 Å². The molecule has 20 heavy (non-hydrogen) atoms. The Bertz CT molecular complexity index is 729. The third-order valence-corrected chi connectivity index (χ3v) is 2.96.